The number of benzene rings is 1. The Balaban J connectivity index is 2.75. The first-order valence-corrected chi connectivity index (χ1v) is 5.38. The molecule has 0 saturated heterocycles. The molecule has 0 heterocycles. The zero-order chi connectivity index (χ0) is 10.8. The van der Waals surface area contributed by atoms with E-state index >= 15 is 0 Å². The van der Waals surface area contributed by atoms with E-state index in [2.05, 4.69) is 0 Å². The molecule has 1 rings (SSSR count). The van der Waals surface area contributed by atoms with Gasteiger partial charge in [0.1, 0.15) is 5.82 Å². The lowest BCUT2D eigenvalue weighted by Crippen LogP contribution is -2.32. The van der Waals surface area contributed by atoms with Gasteiger partial charge in [-0.1, -0.05) is 12.1 Å². The van der Waals surface area contributed by atoms with E-state index in [1.165, 1.54) is 31.3 Å². The Hall–Kier alpha value is -0.980. The minimum absolute atomic E-state index is 0.138. The van der Waals surface area contributed by atoms with Crippen molar-refractivity contribution in [2.45, 2.75) is 6.54 Å². The number of rotatable bonds is 3. The minimum Gasteiger partial charge on any atom is -0.216 e. The molecule has 0 aliphatic carbocycles. The van der Waals surface area contributed by atoms with Crippen LogP contribution in [0.15, 0.2) is 24.3 Å². The molecule has 0 amide bonds. The summed E-state index contributed by atoms with van der Waals surface area (Å²) in [6.45, 7) is 0.138. The molecule has 1 aromatic carbocycles. The van der Waals surface area contributed by atoms with E-state index in [1.807, 2.05) is 0 Å². The summed E-state index contributed by atoms with van der Waals surface area (Å²) in [5.41, 5.74) is 0.683. The van der Waals surface area contributed by atoms with Crippen LogP contribution in [-0.4, -0.2) is 19.8 Å². The van der Waals surface area contributed by atoms with Gasteiger partial charge in [-0.2, -0.15) is 12.7 Å². The molecule has 6 heteroatoms. The molecule has 0 fully saturated rings. The maximum absolute atomic E-state index is 12.5. The highest BCUT2D eigenvalue weighted by Crippen LogP contribution is 2.06. The fourth-order valence-electron chi connectivity index (χ4n) is 0.937. The first kappa shape index (κ1) is 11.1. The molecule has 0 atom stereocenters. The average molecular weight is 218 g/mol. The van der Waals surface area contributed by atoms with E-state index in [0.717, 1.165) is 4.31 Å². The predicted molar refractivity (Wildman–Crippen MR) is 51.0 cm³/mol. The van der Waals surface area contributed by atoms with E-state index < -0.39 is 10.2 Å². The zero-order valence-corrected chi connectivity index (χ0v) is 8.46. The monoisotopic (exact) mass is 218 g/mol. The maximum atomic E-state index is 12.5. The van der Waals surface area contributed by atoms with Gasteiger partial charge in [-0.3, -0.25) is 0 Å². The SMILES string of the molecule is CN(Cc1ccc(F)cc1)S(N)(=O)=O. The summed E-state index contributed by atoms with van der Waals surface area (Å²) in [4.78, 5) is 0. The highest BCUT2D eigenvalue weighted by atomic mass is 32.2. The molecule has 1 aromatic rings. The van der Waals surface area contributed by atoms with Crippen LogP contribution in [0.3, 0.4) is 0 Å². The molecule has 2 N–H and O–H groups in total. The second-order valence-corrected chi connectivity index (χ2v) is 4.58. The highest BCUT2D eigenvalue weighted by molar-refractivity contribution is 7.86. The van der Waals surface area contributed by atoms with Crippen LogP contribution in [0.25, 0.3) is 0 Å². The second-order valence-electron chi connectivity index (χ2n) is 2.93. The Morgan fingerprint density at radius 2 is 1.86 bits per heavy atom. The van der Waals surface area contributed by atoms with Gasteiger partial charge >= 0.3 is 0 Å². The Kier molecular flexibility index (Phi) is 3.20. The summed E-state index contributed by atoms with van der Waals surface area (Å²) in [7, 11) is -2.31. The standard InChI is InChI=1S/C8H11FN2O2S/c1-11(14(10,12)13)6-7-2-4-8(9)5-3-7/h2-5H,6H2,1H3,(H2,10,12,13). The van der Waals surface area contributed by atoms with Crippen LogP contribution in [0.5, 0.6) is 0 Å². The molecular weight excluding hydrogens is 207 g/mol. The second kappa shape index (κ2) is 4.04. The van der Waals surface area contributed by atoms with Crippen molar-refractivity contribution >= 4 is 10.2 Å². The first-order chi connectivity index (χ1) is 6.39. The molecule has 0 radical (unpaired) electrons. The van der Waals surface area contributed by atoms with Crippen molar-refractivity contribution in [3.8, 4) is 0 Å². The average Bonchev–Trinajstić information content (AvgIpc) is 2.07. The quantitative estimate of drug-likeness (QED) is 0.801. The molecule has 0 unspecified atom stereocenters. The van der Waals surface area contributed by atoms with Crippen molar-refractivity contribution in [2.75, 3.05) is 7.05 Å². The highest BCUT2D eigenvalue weighted by Gasteiger charge is 2.11. The van der Waals surface area contributed by atoms with Crippen molar-refractivity contribution in [2.24, 2.45) is 5.14 Å². The molecule has 14 heavy (non-hydrogen) atoms. The van der Waals surface area contributed by atoms with E-state index in [1.54, 1.807) is 0 Å². The van der Waals surface area contributed by atoms with Crippen molar-refractivity contribution in [1.29, 1.82) is 0 Å². The van der Waals surface area contributed by atoms with E-state index in [4.69, 9.17) is 5.14 Å². The molecule has 0 spiro atoms. The lowest BCUT2D eigenvalue weighted by molar-refractivity contribution is 0.467. The van der Waals surface area contributed by atoms with Gasteiger partial charge in [-0.05, 0) is 17.7 Å². The zero-order valence-electron chi connectivity index (χ0n) is 7.64. The molecule has 0 saturated carbocycles. The van der Waals surface area contributed by atoms with Gasteiger partial charge in [-0.15, -0.1) is 0 Å². The van der Waals surface area contributed by atoms with Gasteiger partial charge in [0.15, 0.2) is 0 Å². The molecule has 0 aliphatic rings. The smallest absolute Gasteiger partial charge is 0.216 e. The third kappa shape index (κ3) is 3.06. The van der Waals surface area contributed by atoms with Gasteiger partial charge in [0.2, 0.25) is 0 Å². The largest absolute Gasteiger partial charge is 0.276 e. The Labute approximate surface area is 82.3 Å². The van der Waals surface area contributed by atoms with Crippen molar-refractivity contribution < 1.29 is 12.8 Å². The summed E-state index contributed by atoms with van der Waals surface area (Å²) in [6.07, 6.45) is 0. The van der Waals surface area contributed by atoms with Crippen LogP contribution in [-0.2, 0) is 16.8 Å². The van der Waals surface area contributed by atoms with Gasteiger partial charge in [0.25, 0.3) is 10.2 Å². The summed E-state index contributed by atoms with van der Waals surface area (Å²) >= 11 is 0. The van der Waals surface area contributed by atoms with Gasteiger partial charge in [0, 0.05) is 13.6 Å². The normalized spacial score (nSPS) is 12.0. The minimum atomic E-state index is -3.67. The van der Waals surface area contributed by atoms with Crippen molar-refractivity contribution in [1.82, 2.24) is 4.31 Å². The number of hydrogen-bond donors (Lipinski definition) is 1. The number of hydrogen-bond acceptors (Lipinski definition) is 2. The topological polar surface area (TPSA) is 63.4 Å². The van der Waals surface area contributed by atoms with Crippen LogP contribution < -0.4 is 5.14 Å². The van der Waals surface area contributed by atoms with Gasteiger partial charge in [0.05, 0.1) is 0 Å². The molecule has 0 aliphatic heterocycles. The Morgan fingerprint density at radius 3 is 2.29 bits per heavy atom. The lowest BCUT2D eigenvalue weighted by Gasteiger charge is -2.12. The van der Waals surface area contributed by atoms with E-state index in [-0.39, 0.29) is 12.4 Å². The molecule has 78 valence electrons. The van der Waals surface area contributed by atoms with Crippen LogP contribution in [0.2, 0.25) is 0 Å². The van der Waals surface area contributed by atoms with Gasteiger partial charge in [-0.25, -0.2) is 9.53 Å². The van der Waals surface area contributed by atoms with Crippen LogP contribution >= 0.6 is 0 Å². The number of nitrogens with zero attached hydrogens (tertiary/aromatic N) is 1. The fourth-order valence-corrected chi connectivity index (χ4v) is 1.27. The molecule has 0 aromatic heterocycles. The number of nitrogens with two attached hydrogens (primary N) is 1. The van der Waals surface area contributed by atoms with Crippen molar-refractivity contribution in [3.05, 3.63) is 35.6 Å². The Bertz CT molecular complexity index is 402. The summed E-state index contributed by atoms with van der Waals surface area (Å²) in [5, 5.41) is 4.88. The fraction of sp³-hybridized carbons (Fsp3) is 0.250. The first-order valence-electron chi connectivity index (χ1n) is 3.88. The van der Waals surface area contributed by atoms with E-state index in [9.17, 15) is 12.8 Å². The maximum Gasteiger partial charge on any atom is 0.276 e. The van der Waals surface area contributed by atoms with Crippen LogP contribution in [0.4, 0.5) is 4.39 Å². The Morgan fingerprint density at radius 1 is 1.36 bits per heavy atom. The summed E-state index contributed by atoms with van der Waals surface area (Å²) in [6, 6.07) is 5.56. The molecular formula is C8H11FN2O2S. The summed E-state index contributed by atoms with van der Waals surface area (Å²) in [5.74, 6) is -0.355. The third-order valence-electron chi connectivity index (χ3n) is 1.75. The molecule has 0 bridgehead atoms. The third-order valence-corrected chi connectivity index (χ3v) is 2.75. The van der Waals surface area contributed by atoms with Crippen molar-refractivity contribution in [3.63, 3.8) is 0 Å². The van der Waals surface area contributed by atoms with Crippen LogP contribution in [0, 0.1) is 5.82 Å². The predicted octanol–water partition coefficient (Wildman–Crippen LogP) is 0.461. The van der Waals surface area contributed by atoms with Gasteiger partial charge < -0.3 is 0 Å². The number of halogens is 1. The summed E-state index contributed by atoms with van der Waals surface area (Å²) < 4.78 is 35.2. The van der Waals surface area contributed by atoms with Crippen LogP contribution in [0.1, 0.15) is 5.56 Å². The molecule has 4 nitrogen and oxygen atoms in total. The lowest BCUT2D eigenvalue weighted by atomic mass is 10.2. The van der Waals surface area contributed by atoms with E-state index in [0.29, 0.717) is 5.56 Å².